The molecule has 1 aromatic carbocycles. The summed E-state index contributed by atoms with van der Waals surface area (Å²) in [6.07, 6.45) is 1.90. The minimum Gasteiger partial charge on any atom is -0.381 e. The fourth-order valence-electron chi connectivity index (χ4n) is 2.05. The quantitative estimate of drug-likeness (QED) is 0.715. The Morgan fingerprint density at radius 3 is 2.61 bits per heavy atom. The zero-order chi connectivity index (χ0) is 13.4. The van der Waals surface area contributed by atoms with Crippen molar-refractivity contribution in [3.8, 4) is 0 Å². The van der Waals surface area contributed by atoms with Crippen LogP contribution >= 0.6 is 0 Å². The van der Waals surface area contributed by atoms with Crippen LogP contribution in [0, 0.1) is 12.7 Å². The standard InChI is InChI=1S/C15H24FNO/c1-4-7-18-8-6-15(17-5-2)13-9-12(3)10-14(16)11-13/h9-11,15,17H,4-8H2,1-3H3. The van der Waals surface area contributed by atoms with E-state index in [-0.39, 0.29) is 11.9 Å². The van der Waals surface area contributed by atoms with Crippen LogP contribution < -0.4 is 5.32 Å². The fraction of sp³-hybridized carbons (Fsp3) is 0.600. The van der Waals surface area contributed by atoms with E-state index in [1.54, 1.807) is 12.1 Å². The molecule has 0 amide bonds. The van der Waals surface area contributed by atoms with Gasteiger partial charge < -0.3 is 10.1 Å². The summed E-state index contributed by atoms with van der Waals surface area (Å²) in [5, 5.41) is 3.38. The van der Waals surface area contributed by atoms with Gasteiger partial charge in [-0.25, -0.2) is 4.39 Å². The summed E-state index contributed by atoms with van der Waals surface area (Å²) in [5.41, 5.74) is 1.97. The van der Waals surface area contributed by atoms with Gasteiger partial charge in [0.25, 0.3) is 0 Å². The van der Waals surface area contributed by atoms with Gasteiger partial charge in [0.2, 0.25) is 0 Å². The van der Waals surface area contributed by atoms with Gasteiger partial charge >= 0.3 is 0 Å². The van der Waals surface area contributed by atoms with Gasteiger partial charge in [-0.15, -0.1) is 0 Å². The highest BCUT2D eigenvalue weighted by Gasteiger charge is 2.11. The van der Waals surface area contributed by atoms with E-state index in [1.165, 1.54) is 0 Å². The summed E-state index contributed by atoms with van der Waals surface area (Å²) in [7, 11) is 0. The molecule has 102 valence electrons. The van der Waals surface area contributed by atoms with Gasteiger partial charge in [-0.2, -0.15) is 0 Å². The predicted molar refractivity (Wildman–Crippen MR) is 73.3 cm³/mol. The monoisotopic (exact) mass is 253 g/mol. The summed E-state index contributed by atoms with van der Waals surface area (Å²) >= 11 is 0. The van der Waals surface area contributed by atoms with Crippen LogP contribution in [0.2, 0.25) is 0 Å². The molecule has 0 aliphatic heterocycles. The van der Waals surface area contributed by atoms with E-state index in [9.17, 15) is 4.39 Å². The van der Waals surface area contributed by atoms with E-state index >= 15 is 0 Å². The molecule has 1 N–H and O–H groups in total. The molecule has 0 aliphatic rings. The van der Waals surface area contributed by atoms with Crippen molar-refractivity contribution in [2.45, 2.75) is 39.7 Å². The van der Waals surface area contributed by atoms with Crippen LogP contribution in [0.5, 0.6) is 0 Å². The summed E-state index contributed by atoms with van der Waals surface area (Å²) in [6.45, 7) is 8.45. The van der Waals surface area contributed by atoms with Crippen LogP contribution in [0.4, 0.5) is 4.39 Å². The number of rotatable bonds is 8. The molecule has 0 saturated heterocycles. The molecule has 0 heterocycles. The molecule has 0 fully saturated rings. The Balaban J connectivity index is 2.64. The van der Waals surface area contributed by atoms with E-state index in [4.69, 9.17) is 4.74 Å². The predicted octanol–water partition coefficient (Wildman–Crippen LogP) is 3.60. The van der Waals surface area contributed by atoms with Gasteiger partial charge in [0, 0.05) is 19.3 Å². The van der Waals surface area contributed by atoms with E-state index in [1.807, 2.05) is 13.0 Å². The number of ether oxygens (including phenoxy) is 1. The normalized spacial score (nSPS) is 12.7. The summed E-state index contributed by atoms with van der Waals surface area (Å²) in [5.74, 6) is -0.164. The maximum atomic E-state index is 13.4. The lowest BCUT2D eigenvalue weighted by Gasteiger charge is -2.19. The Kier molecular flexibility index (Phi) is 6.91. The van der Waals surface area contributed by atoms with Gasteiger partial charge in [0.15, 0.2) is 0 Å². The molecule has 0 saturated carbocycles. The van der Waals surface area contributed by atoms with E-state index in [0.29, 0.717) is 6.61 Å². The highest BCUT2D eigenvalue weighted by atomic mass is 19.1. The number of benzene rings is 1. The third kappa shape index (κ3) is 5.15. The van der Waals surface area contributed by atoms with Crippen molar-refractivity contribution in [1.29, 1.82) is 0 Å². The average molecular weight is 253 g/mol. The van der Waals surface area contributed by atoms with Crippen LogP contribution in [-0.4, -0.2) is 19.8 Å². The first kappa shape index (κ1) is 15.1. The van der Waals surface area contributed by atoms with E-state index < -0.39 is 0 Å². The van der Waals surface area contributed by atoms with Gasteiger partial charge in [0.1, 0.15) is 5.82 Å². The summed E-state index contributed by atoms with van der Waals surface area (Å²) in [4.78, 5) is 0. The average Bonchev–Trinajstić information content (AvgIpc) is 2.32. The van der Waals surface area contributed by atoms with Crippen molar-refractivity contribution in [1.82, 2.24) is 5.32 Å². The van der Waals surface area contributed by atoms with Crippen molar-refractivity contribution in [2.75, 3.05) is 19.8 Å². The third-order valence-electron chi connectivity index (χ3n) is 2.82. The van der Waals surface area contributed by atoms with Gasteiger partial charge in [-0.3, -0.25) is 0 Å². The number of nitrogens with one attached hydrogen (secondary N) is 1. The molecule has 0 bridgehead atoms. The Bertz CT molecular complexity index is 334. The van der Waals surface area contributed by atoms with Crippen LogP contribution in [0.15, 0.2) is 18.2 Å². The molecule has 1 rings (SSSR count). The molecule has 0 spiro atoms. The lowest BCUT2D eigenvalue weighted by Crippen LogP contribution is -2.22. The van der Waals surface area contributed by atoms with Crippen molar-refractivity contribution in [2.24, 2.45) is 0 Å². The molecule has 1 aromatic rings. The van der Waals surface area contributed by atoms with E-state index in [0.717, 1.165) is 37.1 Å². The van der Waals surface area contributed by atoms with Crippen molar-refractivity contribution in [3.63, 3.8) is 0 Å². The highest BCUT2D eigenvalue weighted by Crippen LogP contribution is 2.19. The Labute approximate surface area is 110 Å². The molecular formula is C15H24FNO. The number of hydrogen-bond donors (Lipinski definition) is 1. The maximum Gasteiger partial charge on any atom is 0.123 e. The molecule has 1 unspecified atom stereocenters. The molecule has 0 aromatic heterocycles. The van der Waals surface area contributed by atoms with Gasteiger partial charge in [0.05, 0.1) is 0 Å². The number of hydrogen-bond acceptors (Lipinski definition) is 2. The zero-order valence-electron chi connectivity index (χ0n) is 11.6. The topological polar surface area (TPSA) is 21.3 Å². The van der Waals surface area contributed by atoms with Gasteiger partial charge in [-0.1, -0.05) is 19.9 Å². The molecule has 0 radical (unpaired) electrons. The first-order valence-corrected chi connectivity index (χ1v) is 6.75. The Morgan fingerprint density at radius 2 is 2.00 bits per heavy atom. The number of aryl methyl sites for hydroxylation is 1. The van der Waals surface area contributed by atoms with Crippen LogP contribution in [-0.2, 0) is 4.74 Å². The minimum atomic E-state index is -0.164. The summed E-state index contributed by atoms with van der Waals surface area (Å²) < 4.78 is 18.9. The van der Waals surface area contributed by atoms with Crippen LogP contribution in [0.25, 0.3) is 0 Å². The highest BCUT2D eigenvalue weighted by molar-refractivity contribution is 5.26. The van der Waals surface area contributed by atoms with E-state index in [2.05, 4.69) is 19.2 Å². The van der Waals surface area contributed by atoms with Crippen molar-refractivity contribution >= 4 is 0 Å². The zero-order valence-corrected chi connectivity index (χ0v) is 11.6. The molecule has 18 heavy (non-hydrogen) atoms. The fourth-order valence-corrected chi connectivity index (χ4v) is 2.05. The van der Waals surface area contributed by atoms with Crippen LogP contribution in [0.3, 0.4) is 0 Å². The van der Waals surface area contributed by atoms with Gasteiger partial charge in [-0.05, 0) is 49.6 Å². The largest absolute Gasteiger partial charge is 0.381 e. The van der Waals surface area contributed by atoms with Crippen LogP contribution in [0.1, 0.15) is 43.9 Å². The molecule has 3 heteroatoms. The molecule has 2 nitrogen and oxygen atoms in total. The first-order valence-electron chi connectivity index (χ1n) is 6.75. The summed E-state index contributed by atoms with van der Waals surface area (Å²) in [6, 6.07) is 5.37. The first-order chi connectivity index (χ1) is 8.67. The van der Waals surface area contributed by atoms with Crippen molar-refractivity contribution < 1.29 is 9.13 Å². The Hall–Kier alpha value is -0.930. The number of halogens is 1. The second-order valence-corrected chi connectivity index (χ2v) is 4.57. The second-order valence-electron chi connectivity index (χ2n) is 4.57. The SMILES string of the molecule is CCCOCCC(NCC)c1cc(C)cc(F)c1. The smallest absolute Gasteiger partial charge is 0.123 e. The Morgan fingerprint density at radius 1 is 1.22 bits per heavy atom. The maximum absolute atomic E-state index is 13.4. The lowest BCUT2D eigenvalue weighted by atomic mass is 10.0. The van der Waals surface area contributed by atoms with Crippen molar-refractivity contribution in [3.05, 3.63) is 35.1 Å². The third-order valence-corrected chi connectivity index (χ3v) is 2.82. The molecular weight excluding hydrogens is 229 g/mol. The second kappa shape index (κ2) is 8.22. The molecule has 1 atom stereocenters. The lowest BCUT2D eigenvalue weighted by molar-refractivity contribution is 0.124. The minimum absolute atomic E-state index is 0.164. The molecule has 0 aliphatic carbocycles.